The molecule has 5 heteroatoms. The van der Waals surface area contributed by atoms with Crippen molar-refractivity contribution >= 4 is 32.6 Å². The molecule has 0 radical (unpaired) electrons. The summed E-state index contributed by atoms with van der Waals surface area (Å²) in [4.78, 5) is 20.6. The van der Waals surface area contributed by atoms with Crippen molar-refractivity contribution in [2.45, 2.75) is 13.8 Å². The van der Waals surface area contributed by atoms with Crippen molar-refractivity contribution in [3.63, 3.8) is 0 Å². The number of rotatable bonds is 4. The molecule has 0 fully saturated rings. The number of aryl methyl sites for hydroxylation is 2. The second kappa shape index (κ2) is 6.46. The molecule has 0 atom stereocenters. The van der Waals surface area contributed by atoms with E-state index in [2.05, 4.69) is 25.9 Å². The zero-order valence-corrected chi connectivity index (χ0v) is 14.4. The highest BCUT2D eigenvalue weighted by Crippen LogP contribution is 2.25. The molecule has 0 aliphatic rings. The first-order chi connectivity index (χ1) is 11.0. The fourth-order valence-corrected chi connectivity index (χ4v) is 2.61. The molecule has 1 heterocycles. The van der Waals surface area contributed by atoms with Crippen LogP contribution in [0.4, 0.5) is 0 Å². The first-order valence-electron chi connectivity index (χ1n) is 7.18. The van der Waals surface area contributed by atoms with E-state index in [4.69, 9.17) is 4.74 Å². The molecule has 0 saturated carbocycles. The van der Waals surface area contributed by atoms with Crippen molar-refractivity contribution in [3.8, 4) is 5.88 Å². The van der Waals surface area contributed by atoms with Crippen molar-refractivity contribution < 1.29 is 9.53 Å². The van der Waals surface area contributed by atoms with Gasteiger partial charge < -0.3 is 4.74 Å². The van der Waals surface area contributed by atoms with Gasteiger partial charge in [-0.3, -0.25) is 4.79 Å². The molecular formula is C18H15BrN2O2. The number of carbonyl (C=O) groups excluding carboxylic acids is 1. The highest BCUT2D eigenvalue weighted by atomic mass is 79.9. The number of carbonyl (C=O) groups is 1. The van der Waals surface area contributed by atoms with Crippen LogP contribution in [0.3, 0.4) is 0 Å². The first-order valence-corrected chi connectivity index (χ1v) is 7.97. The lowest BCUT2D eigenvalue weighted by Crippen LogP contribution is -2.12. The molecule has 3 aromatic rings. The summed E-state index contributed by atoms with van der Waals surface area (Å²) in [5.74, 6) is 0.336. The molecule has 0 N–H and O–H groups in total. The van der Waals surface area contributed by atoms with Gasteiger partial charge in [-0.1, -0.05) is 28.1 Å². The third kappa shape index (κ3) is 3.40. The van der Waals surface area contributed by atoms with Crippen LogP contribution in [0.15, 0.2) is 47.2 Å². The summed E-state index contributed by atoms with van der Waals surface area (Å²) in [6.45, 7) is 3.95. The third-order valence-electron chi connectivity index (χ3n) is 3.73. The molecule has 0 unspecified atom stereocenters. The van der Waals surface area contributed by atoms with Crippen LogP contribution in [-0.2, 0) is 0 Å². The summed E-state index contributed by atoms with van der Waals surface area (Å²) in [7, 11) is 0. The number of benzene rings is 2. The molecule has 0 amide bonds. The van der Waals surface area contributed by atoms with Crippen LogP contribution in [0, 0.1) is 13.8 Å². The summed E-state index contributed by atoms with van der Waals surface area (Å²) < 4.78 is 6.55. The number of hydrogen-bond donors (Lipinski definition) is 0. The predicted molar refractivity (Wildman–Crippen MR) is 93.0 cm³/mol. The lowest BCUT2D eigenvalue weighted by molar-refractivity contribution is 0.0919. The van der Waals surface area contributed by atoms with Gasteiger partial charge in [-0.05, 0) is 49.2 Å². The van der Waals surface area contributed by atoms with Crippen LogP contribution in [0.1, 0.15) is 21.5 Å². The number of fused-ring (bicyclic) bond motifs is 1. The zero-order chi connectivity index (χ0) is 16.4. The standard InChI is InChI=1S/C18H15BrN2O2/c1-11-3-4-13(7-12(11)2)17(22)9-23-18-15-8-14(19)5-6-16(15)20-10-21-18/h3-8,10H,9H2,1-2H3. The van der Waals surface area contributed by atoms with Crippen LogP contribution in [0.2, 0.25) is 0 Å². The van der Waals surface area contributed by atoms with Gasteiger partial charge in [-0.25, -0.2) is 9.97 Å². The molecule has 0 aliphatic heterocycles. The highest BCUT2D eigenvalue weighted by Gasteiger charge is 2.11. The molecule has 0 spiro atoms. The SMILES string of the molecule is Cc1ccc(C(=O)COc2ncnc3ccc(Br)cc23)cc1C. The van der Waals surface area contributed by atoms with Crippen molar-refractivity contribution in [2.24, 2.45) is 0 Å². The van der Waals surface area contributed by atoms with Crippen LogP contribution >= 0.6 is 15.9 Å². The summed E-state index contributed by atoms with van der Waals surface area (Å²) in [5, 5.41) is 0.773. The Morgan fingerprint density at radius 1 is 1.09 bits per heavy atom. The smallest absolute Gasteiger partial charge is 0.224 e. The molecule has 0 aliphatic carbocycles. The second-order valence-electron chi connectivity index (χ2n) is 5.35. The maximum absolute atomic E-state index is 12.3. The topological polar surface area (TPSA) is 52.1 Å². The Morgan fingerprint density at radius 3 is 2.70 bits per heavy atom. The van der Waals surface area contributed by atoms with Gasteiger partial charge >= 0.3 is 0 Å². The Hall–Kier alpha value is -2.27. The Bertz CT molecular complexity index is 893. The van der Waals surface area contributed by atoms with Gasteiger partial charge in [0.2, 0.25) is 5.88 Å². The zero-order valence-electron chi connectivity index (χ0n) is 12.8. The number of Topliss-reactive ketones (excluding diaryl/α,β-unsaturated/α-hetero) is 1. The molecular weight excluding hydrogens is 356 g/mol. The van der Waals surface area contributed by atoms with E-state index in [9.17, 15) is 4.79 Å². The highest BCUT2D eigenvalue weighted by molar-refractivity contribution is 9.10. The third-order valence-corrected chi connectivity index (χ3v) is 4.22. The average molecular weight is 371 g/mol. The molecule has 2 aromatic carbocycles. The monoisotopic (exact) mass is 370 g/mol. The summed E-state index contributed by atoms with van der Waals surface area (Å²) in [6.07, 6.45) is 1.44. The van der Waals surface area contributed by atoms with Gasteiger partial charge in [-0.2, -0.15) is 0 Å². The Morgan fingerprint density at radius 2 is 1.91 bits per heavy atom. The Balaban J connectivity index is 1.81. The van der Waals surface area contributed by atoms with Gasteiger partial charge in [0, 0.05) is 10.0 Å². The van der Waals surface area contributed by atoms with Gasteiger partial charge in [0.25, 0.3) is 0 Å². The van der Waals surface area contributed by atoms with E-state index in [1.807, 2.05) is 50.2 Å². The van der Waals surface area contributed by atoms with Crippen molar-refractivity contribution in [1.29, 1.82) is 0 Å². The summed E-state index contributed by atoms with van der Waals surface area (Å²) in [6, 6.07) is 11.3. The normalized spacial score (nSPS) is 10.7. The van der Waals surface area contributed by atoms with Crippen molar-refractivity contribution in [3.05, 3.63) is 63.9 Å². The van der Waals surface area contributed by atoms with E-state index in [-0.39, 0.29) is 12.4 Å². The minimum atomic E-state index is -0.0742. The van der Waals surface area contributed by atoms with E-state index in [0.717, 1.165) is 26.5 Å². The number of ether oxygens (including phenoxy) is 1. The first kappa shape index (κ1) is 15.6. The van der Waals surface area contributed by atoms with Gasteiger partial charge in [0.15, 0.2) is 12.4 Å². The molecule has 4 nitrogen and oxygen atoms in total. The van der Waals surface area contributed by atoms with Gasteiger partial charge in [0.05, 0.1) is 10.9 Å². The fraction of sp³-hybridized carbons (Fsp3) is 0.167. The number of aromatic nitrogens is 2. The Labute approximate surface area is 142 Å². The number of ketones is 1. The Kier molecular flexibility index (Phi) is 4.39. The summed E-state index contributed by atoms with van der Waals surface area (Å²) >= 11 is 3.42. The molecule has 0 bridgehead atoms. The molecule has 1 aromatic heterocycles. The average Bonchev–Trinajstić information content (AvgIpc) is 2.55. The lowest BCUT2D eigenvalue weighted by Gasteiger charge is -2.08. The van der Waals surface area contributed by atoms with Crippen LogP contribution < -0.4 is 4.74 Å². The lowest BCUT2D eigenvalue weighted by atomic mass is 10.0. The number of halogens is 1. The maximum Gasteiger partial charge on any atom is 0.224 e. The molecule has 3 rings (SSSR count). The van der Waals surface area contributed by atoms with Crippen LogP contribution in [0.25, 0.3) is 10.9 Å². The fourth-order valence-electron chi connectivity index (χ4n) is 2.25. The quantitative estimate of drug-likeness (QED) is 0.643. The van der Waals surface area contributed by atoms with E-state index in [0.29, 0.717) is 11.4 Å². The van der Waals surface area contributed by atoms with E-state index in [1.54, 1.807) is 0 Å². The van der Waals surface area contributed by atoms with Gasteiger partial charge in [-0.15, -0.1) is 0 Å². The van der Waals surface area contributed by atoms with E-state index in [1.165, 1.54) is 6.33 Å². The summed E-state index contributed by atoms with van der Waals surface area (Å²) in [5.41, 5.74) is 3.67. The molecule has 116 valence electrons. The molecule has 23 heavy (non-hydrogen) atoms. The van der Waals surface area contributed by atoms with Crippen LogP contribution in [-0.4, -0.2) is 22.4 Å². The maximum atomic E-state index is 12.3. The van der Waals surface area contributed by atoms with Crippen molar-refractivity contribution in [2.75, 3.05) is 6.61 Å². The van der Waals surface area contributed by atoms with E-state index < -0.39 is 0 Å². The largest absolute Gasteiger partial charge is 0.469 e. The minimum absolute atomic E-state index is 0.0544. The second-order valence-corrected chi connectivity index (χ2v) is 6.27. The van der Waals surface area contributed by atoms with Gasteiger partial charge in [0.1, 0.15) is 6.33 Å². The molecule has 0 saturated heterocycles. The number of nitrogens with zero attached hydrogens (tertiary/aromatic N) is 2. The van der Waals surface area contributed by atoms with Crippen molar-refractivity contribution in [1.82, 2.24) is 9.97 Å². The van der Waals surface area contributed by atoms with Crippen LogP contribution in [0.5, 0.6) is 5.88 Å². The minimum Gasteiger partial charge on any atom is -0.469 e. The predicted octanol–water partition coefficient (Wildman–Crippen LogP) is 4.27. The number of hydrogen-bond acceptors (Lipinski definition) is 4. The van der Waals surface area contributed by atoms with E-state index >= 15 is 0 Å².